The zero-order valence-corrected chi connectivity index (χ0v) is 13.0. The van der Waals surface area contributed by atoms with E-state index < -0.39 is 6.04 Å². The molecule has 2 saturated heterocycles. The van der Waals surface area contributed by atoms with Gasteiger partial charge in [-0.2, -0.15) is 0 Å². The first kappa shape index (κ1) is 15.1. The summed E-state index contributed by atoms with van der Waals surface area (Å²) in [5.41, 5.74) is -0.290. The fourth-order valence-corrected chi connectivity index (χ4v) is 3.32. The Hall–Kier alpha value is -1.26. The molecule has 5 nitrogen and oxygen atoms in total. The SMILES string of the molecule is CCC1CCCN1C(=O)C(N1CCOC1=O)C(C)(C)C. The molecule has 0 N–H and O–H groups in total. The summed E-state index contributed by atoms with van der Waals surface area (Å²) < 4.78 is 5.02. The molecular weight excluding hydrogens is 256 g/mol. The summed E-state index contributed by atoms with van der Waals surface area (Å²) in [5, 5.41) is 0. The van der Waals surface area contributed by atoms with Crippen molar-refractivity contribution in [1.29, 1.82) is 0 Å². The predicted octanol–water partition coefficient (Wildman–Crippen LogP) is 2.25. The smallest absolute Gasteiger partial charge is 0.410 e. The second kappa shape index (κ2) is 5.62. The van der Waals surface area contributed by atoms with Crippen molar-refractivity contribution < 1.29 is 14.3 Å². The van der Waals surface area contributed by atoms with Gasteiger partial charge in [-0.3, -0.25) is 9.69 Å². The summed E-state index contributed by atoms with van der Waals surface area (Å²) in [5.74, 6) is 0.0840. The van der Waals surface area contributed by atoms with Gasteiger partial charge >= 0.3 is 6.09 Å². The van der Waals surface area contributed by atoms with Gasteiger partial charge in [0.05, 0.1) is 6.54 Å². The molecule has 2 heterocycles. The van der Waals surface area contributed by atoms with Gasteiger partial charge in [-0.1, -0.05) is 27.7 Å². The van der Waals surface area contributed by atoms with Crippen LogP contribution in [0.5, 0.6) is 0 Å². The molecule has 0 aromatic rings. The highest BCUT2D eigenvalue weighted by molar-refractivity contribution is 5.87. The van der Waals surface area contributed by atoms with Crippen LogP contribution in [0.2, 0.25) is 0 Å². The van der Waals surface area contributed by atoms with Gasteiger partial charge in [0, 0.05) is 12.6 Å². The summed E-state index contributed by atoms with van der Waals surface area (Å²) in [7, 11) is 0. The van der Waals surface area contributed by atoms with E-state index in [9.17, 15) is 9.59 Å². The quantitative estimate of drug-likeness (QED) is 0.797. The molecule has 0 aliphatic carbocycles. The normalized spacial score (nSPS) is 25.0. The van der Waals surface area contributed by atoms with Crippen LogP contribution in [0.1, 0.15) is 47.0 Å². The standard InChI is InChI=1S/C15H26N2O3/c1-5-11-7-6-8-16(11)13(18)12(15(2,3)4)17-9-10-20-14(17)19/h11-12H,5-10H2,1-4H3. The van der Waals surface area contributed by atoms with Crippen LogP contribution in [-0.2, 0) is 9.53 Å². The lowest BCUT2D eigenvalue weighted by Gasteiger charge is -2.39. The molecule has 2 unspecified atom stereocenters. The van der Waals surface area contributed by atoms with Crippen molar-refractivity contribution in [3.05, 3.63) is 0 Å². The molecule has 2 atom stereocenters. The molecule has 0 radical (unpaired) electrons. The molecule has 2 amide bonds. The van der Waals surface area contributed by atoms with E-state index in [4.69, 9.17) is 4.74 Å². The monoisotopic (exact) mass is 282 g/mol. The van der Waals surface area contributed by atoms with E-state index in [1.165, 1.54) is 0 Å². The van der Waals surface area contributed by atoms with Crippen LogP contribution in [0.25, 0.3) is 0 Å². The number of hydrogen-bond donors (Lipinski definition) is 0. The number of ether oxygens (including phenoxy) is 1. The maximum absolute atomic E-state index is 13.0. The van der Waals surface area contributed by atoms with E-state index >= 15 is 0 Å². The first-order chi connectivity index (χ1) is 9.36. The highest BCUT2D eigenvalue weighted by Crippen LogP contribution is 2.31. The fraction of sp³-hybridized carbons (Fsp3) is 0.867. The summed E-state index contributed by atoms with van der Waals surface area (Å²) in [4.78, 5) is 28.4. The number of amides is 2. The molecule has 0 saturated carbocycles. The molecular formula is C15H26N2O3. The zero-order valence-electron chi connectivity index (χ0n) is 13.0. The third-order valence-corrected chi connectivity index (χ3v) is 4.29. The molecule has 2 fully saturated rings. The number of rotatable bonds is 3. The summed E-state index contributed by atoms with van der Waals surface area (Å²) in [6.45, 7) is 9.86. The Bertz CT molecular complexity index is 389. The van der Waals surface area contributed by atoms with Crippen molar-refractivity contribution in [3.63, 3.8) is 0 Å². The third-order valence-electron chi connectivity index (χ3n) is 4.29. The van der Waals surface area contributed by atoms with Crippen molar-refractivity contribution >= 4 is 12.0 Å². The topological polar surface area (TPSA) is 49.9 Å². The Kier molecular flexibility index (Phi) is 4.25. The number of likely N-dealkylation sites (tertiary alicyclic amines) is 1. The van der Waals surface area contributed by atoms with Gasteiger partial charge in [-0.25, -0.2) is 4.79 Å². The molecule has 0 aromatic carbocycles. The van der Waals surface area contributed by atoms with Crippen LogP contribution in [0.15, 0.2) is 0 Å². The Morgan fingerprint density at radius 2 is 2.10 bits per heavy atom. The first-order valence-corrected chi connectivity index (χ1v) is 7.60. The van der Waals surface area contributed by atoms with Gasteiger partial charge in [0.1, 0.15) is 12.6 Å². The minimum absolute atomic E-state index is 0.0840. The zero-order chi connectivity index (χ0) is 14.9. The van der Waals surface area contributed by atoms with Gasteiger partial charge < -0.3 is 9.64 Å². The van der Waals surface area contributed by atoms with Gasteiger partial charge in [-0.15, -0.1) is 0 Å². The highest BCUT2D eigenvalue weighted by Gasteiger charge is 2.45. The second-order valence-corrected chi connectivity index (χ2v) is 6.81. The number of cyclic esters (lactones) is 1. The molecule has 0 spiro atoms. The van der Waals surface area contributed by atoms with Crippen molar-refractivity contribution in [2.75, 3.05) is 19.7 Å². The van der Waals surface area contributed by atoms with E-state index in [0.717, 1.165) is 25.8 Å². The van der Waals surface area contributed by atoms with Gasteiger partial charge in [0.25, 0.3) is 0 Å². The Morgan fingerprint density at radius 3 is 2.60 bits per heavy atom. The van der Waals surface area contributed by atoms with E-state index in [0.29, 0.717) is 19.2 Å². The number of carbonyl (C=O) groups excluding carboxylic acids is 2. The van der Waals surface area contributed by atoms with Crippen molar-refractivity contribution in [3.8, 4) is 0 Å². The lowest BCUT2D eigenvalue weighted by atomic mass is 9.84. The Balaban J connectivity index is 2.23. The van der Waals surface area contributed by atoms with Crippen molar-refractivity contribution in [2.45, 2.75) is 59.0 Å². The van der Waals surface area contributed by atoms with Crippen LogP contribution < -0.4 is 0 Å². The molecule has 0 aromatic heterocycles. The van der Waals surface area contributed by atoms with Crippen LogP contribution >= 0.6 is 0 Å². The van der Waals surface area contributed by atoms with E-state index in [2.05, 4.69) is 6.92 Å². The van der Waals surface area contributed by atoms with E-state index in [-0.39, 0.29) is 17.4 Å². The van der Waals surface area contributed by atoms with Crippen molar-refractivity contribution in [1.82, 2.24) is 9.80 Å². The van der Waals surface area contributed by atoms with Crippen LogP contribution in [0.4, 0.5) is 4.79 Å². The summed E-state index contributed by atoms with van der Waals surface area (Å²) in [6.07, 6.45) is 2.76. The van der Waals surface area contributed by atoms with Crippen molar-refractivity contribution in [2.24, 2.45) is 5.41 Å². The van der Waals surface area contributed by atoms with E-state index in [1.807, 2.05) is 25.7 Å². The van der Waals surface area contributed by atoms with Crippen LogP contribution in [0, 0.1) is 5.41 Å². The molecule has 2 rings (SSSR count). The lowest BCUT2D eigenvalue weighted by molar-refractivity contribution is -0.140. The van der Waals surface area contributed by atoms with Gasteiger partial charge in [0.15, 0.2) is 0 Å². The number of hydrogen-bond acceptors (Lipinski definition) is 3. The minimum Gasteiger partial charge on any atom is -0.448 e. The predicted molar refractivity (Wildman–Crippen MR) is 76.3 cm³/mol. The average Bonchev–Trinajstić information content (AvgIpc) is 2.97. The summed E-state index contributed by atoms with van der Waals surface area (Å²) in [6, 6.07) is -0.101. The Labute approximate surface area is 121 Å². The Morgan fingerprint density at radius 1 is 1.40 bits per heavy atom. The lowest BCUT2D eigenvalue weighted by Crippen LogP contribution is -2.56. The van der Waals surface area contributed by atoms with E-state index in [1.54, 1.807) is 4.90 Å². The largest absolute Gasteiger partial charge is 0.448 e. The molecule has 5 heteroatoms. The molecule has 2 aliphatic heterocycles. The third kappa shape index (κ3) is 2.76. The average molecular weight is 282 g/mol. The van der Waals surface area contributed by atoms with Crippen LogP contribution in [-0.4, -0.2) is 53.6 Å². The fourth-order valence-electron chi connectivity index (χ4n) is 3.32. The van der Waals surface area contributed by atoms with Gasteiger partial charge in [0.2, 0.25) is 5.91 Å². The van der Waals surface area contributed by atoms with Crippen LogP contribution in [0.3, 0.4) is 0 Å². The van der Waals surface area contributed by atoms with Gasteiger partial charge in [-0.05, 0) is 24.7 Å². The minimum atomic E-state index is -0.426. The maximum Gasteiger partial charge on any atom is 0.410 e. The number of carbonyl (C=O) groups is 2. The summed E-state index contributed by atoms with van der Waals surface area (Å²) >= 11 is 0. The molecule has 114 valence electrons. The maximum atomic E-state index is 13.0. The molecule has 0 bridgehead atoms. The second-order valence-electron chi connectivity index (χ2n) is 6.81. The molecule has 2 aliphatic rings. The first-order valence-electron chi connectivity index (χ1n) is 7.60. The number of nitrogens with zero attached hydrogens (tertiary/aromatic N) is 2. The molecule has 20 heavy (non-hydrogen) atoms. The highest BCUT2D eigenvalue weighted by atomic mass is 16.6.